The fourth-order valence-corrected chi connectivity index (χ4v) is 0.917. The van der Waals surface area contributed by atoms with Gasteiger partial charge in [-0.2, -0.15) is 0 Å². The Morgan fingerprint density at radius 3 is 3.40 bits per heavy atom. The summed E-state index contributed by atoms with van der Waals surface area (Å²) in [6, 6.07) is -0.555. The molecule has 1 aliphatic rings. The highest BCUT2D eigenvalue weighted by Crippen LogP contribution is 2.32. The van der Waals surface area contributed by atoms with E-state index in [4.69, 9.17) is 11.0 Å². The maximum absolute atomic E-state index is 11.6. The Hall–Kier alpha value is -0.590. The van der Waals surface area contributed by atoms with Crippen molar-refractivity contribution in [2.75, 3.05) is 0 Å². The summed E-state index contributed by atoms with van der Waals surface area (Å²) in [4.78, 5) is 11.6. The Morgan fingerprint density at radius 2 is 2.80 bits per heavy atom. The van der Waals surface area contributed by atoms with E-state index in [1.807, 2.05) is 0 Å². The van der Waals surface area contributed by atoms with Gasteiger partial charge in [0.25, 0.3) is 0 Å². The van der Waals surface area contributed by atoms with Crippen LogP contribution in [-0.4, -0.2) is 5.78 Å². The van der Waals surface area contributed by atoms with Gasteiger partial charge in [0.1, 0.15) is 0 Å². The van der Waals surface area contributed by atoms with E-state index >= 15 is 0 Å². The van der Waals surface area contributed by atoms with Gasteiger partial charge in [0.2, 0.25) is 0 Å². The van der Waals surface area contributed by atoms with Crippen molar-refractivity contribution < 1.29 is 15.8 Å². The molecule has 0 spiro atoms. The highest BCUT2D eigenvalue weighted by molar-refractivity contribution is 5.91. The van der Waals surface area contributed by atoms with Crippen molar-refractivity contribution in [3.05, 3.63) is 11.6 Å². The summed E-state index contributed by atoms with van der Waals surface area (Å²) in [5.74, 6) is -0.830. The molecule has 1 unspecified atom stereocenters. The Balaban J connectivity index is 3.61. The summed E-state index contributed by atoms with van der Waals surface area (Å²) in [6.45, 7) is -3.84. The predicted molar refractivity (Wildman–Crippen MR) is 41.8 cm³/mol. The van der Waals surface area contributed by atoms with Gasteiger partial charge in [0.15, 0.2) is 5.78 Å². The minimum absolute atomic E-state index is 0.320. The van der Waals surface area contributed by atoms with Crippen LogP contribution in [0.1, 0.15) is 44.4 Å². The quantitative estimate of drug-likeness (QED) is 0.512. The van der Waals surface area contributed by atoms with Crippen molar-refractivity contribution in [1.29, 1.82) is 0 Å². The second kappa shape index (κ2) is 2.22. The SMILES string of the molecule is [2H]C1=C(C)C([2H])([2H])C(C([2H])[2H])(C([2H])([2H])[2H])CC1=O. The highest BCUT2D eigenvalue weighted by atomic mass is 16.1. The van der Waals surface area contributed by atoms with Crippen LogP contribution >= 0.6 is 0 Å². The number of carbonyl (C=O) groups excluding carboxylic acids is 1. The molecule has 0 aromatic carbocycles. The maximum Gasteiger partial charge on any atom is 0.156 e. The summed E-state index contributed by atoms with van der Waals surface area (Å²) >= 11 is 0. The number of allylic oxidation sites excluding steroid dienone is 2. The van der Waals surface area contributed by atoms with Crippen LogP contribution in [0.4, 0.5) is 0 Å². The van der Waals surface area contributed by atoms with E-state index in [9.17, 15) is 4.79 Å². The normalized spacial score (nSPS) is 53.2. The zero-order valence-corrected chi connectivity index (χ0v) is 5.69. The molecule has 0 bridgehead atoms. The van der Waals surface area contributed by atoms with Gasteiger partial charge in [0.05, 0.1) is 1.37 Å². The lowest BCUT2D eigenvalue weighted by Crippen LogP contribution is -2.20. The topological polar surface area (TPSA) is 17.1 Å². The fraction of sp³-hybridized carbons (Fsp3) is 0.667. The summed E-state index contributed by atoms with van der Waals surface area (Å²) in [7, 11) is 0. The van der Waals surface area contributed by atoms with Gasteiger partial charge in [-0.15, -0.1) is 0 Å². The van der Waals surface area contributed by atoms with E-state index in [2.05, 4.69) is 0 Å². The number of rotatable bonds is 0. The van der Waals surface area contributed by atoms with Gasteiger partial charge in [-0.3, -0.25) is 4.79 Å². The molecule has 1 rings (SSSR count). The fourth-order valence-electron chi connectivity index (χ4n) is 0.917. The van der Waals surface area contributed by atoms with Crippen molar-refractivity contribution in [2.45, 2.75) is 33.4 Å². The second-order valence-electron chi connectivity index (χ2n) is 2.45. The van der Waals surface area contributed by atoms with E-state index in [1.165, 1.54) is 6.92 Å². The van der Waals surface area contributed by atoms with Gasteiger partial charge in [-0.1, -0.05) is 19.3 Å². The first-order valence-corrected chi connectivity index (χ1v) is 2.95. The average Bonchev–Trinajstić information content (AvgIpc) is 2.18. The number of hydrogen-bond acceptors (Lipinski definition) is 1. The van der Waals surface area contributed by atoms with Crippen molar-refractivity contribution >= 4 is 5.78 Å². The number of hydrogen-bond donors (Lipinski definition) is 0. The number of carbonyl (C=O) groups is 1. The Labute approximate surface area is 73.4 Å². The maximum atomic E-state index is 11.6. The molecule has 0 radical (unpaired) electrons. The Morgan fingerprint density at radius 1 is 2.00 bits per heavy atom. The van der Waals surface area contributed by atoms with Gasteiger partial charge < -0.3 is 0 Å². The van der Waals surface area contributed by atoms with Crippen LogP contribution in [0.3, 0.4) is 0 Å². The molecule has 1 aliphatic carbocycles. The van der Waals surface area contributed by atoms with E-state index in [0.717, 1.165) is 0 Å². The lowest BCUT2D eigenvalue weighted by Gasteiger charge is -2.27. The smallest absolute Gasteiger partial charge is 0.156 e. The summed E-state index contributed by atoms with van der Waals surface area (Å²) in [6.07, 6.45) is -3.37. The van der Waals surface area contributed by atoms with Gasteiger partial charge in [-0.05, 0) is 24.8 Å². The van der Waals surface area contributed by atoms with E-state index in [0.29, 0.717) is 0 Å². The van der Waals surface area contributed by atoms with Gasteiger partial charge >= 0.3 is 0 Å². The first-order chi connectivity index (χ1) is 7.89. The molecule has 1 atom stereocenters. The number of ketones is 1. The molecule has 0 saturated carbocycles. The molecule has 0 amide bonds. The molecule has 0 aromatic heterocycles. The van der Waals surface area contributed by atoms with Crippen LogP contribution in [-0.2, 0) is 4.79 Å². The van der Waals surface area contributed by atoms with E-state index in [-0.39, 0.29) is 5.57 Å². The molecule has 0 heterocycles. The van der Waals surface area contributed by atoms with Crippen LogP contribution < -0.4 is 0 Å². The lowest BCUT2D eigenvalue weighted by molar-refractivity contribution is -0.117. The standard InChI is InChI=1S/C9H14O/c1-7-4-8(10)6-9(2,3)5-7/h4H,5-6H2,1-3H3/i2D2,3D3,4D,5D2. The summed E-state index contributed by atoms with van der Waals surface area (Å²) < 4.78 is 60.3. The van der Waals surface area contributed by atoms with Crippen molar-refractivity contribution in [1.82, 2.24) is 0 Å². The molecule has 0 N–H and O–H groups in total. The molecular formula is C9H14O. The molecule has 0 aromatic rings. The summed E-state index contributed by atoms with van der Waals surface area (Å²) in [5, 5.41) is 0. The average molecular weight is 146 g/mol. The minimum atomic E-state index is -2.97. The minimum Gasteiger partial charge on any atom is -0.295 e. The predicted octanol–water partition coefficient (Wildman–Crippen LogP) is 2.32. The molecule has 0 saturated heterocycles. The lowest BCUT2D eigenvalue weighted by atomic mass is 9.77. The molecule has 10 heavy (non-hydrogen) atoms. The monoisotopic (exact) mass is 146 g/mol. The van der Waals surface area contributed by atoms with Crippen molar-refractivity contribution in [3.63, 3.8) is 0 Å². The van der Waals surface area contributed by atoms with Crippen LogP contribution in [0, 0.1) is 5.41 Å². The van der Waals surface area contributed by atoms with Gasteiger partial charge in [0, 0.05) is 16.0 Å². The van der Waals surface area contributed by atoms with Crippen molar-refractivity contribution in [2.24, 2.45) is 5.41 Å². The Kier molecular flexibility index (Phi) is 0.488. The third-order valence-corrected chi connectivity index (χ3v) is 1.18. The Bertz CT molecular complexity index is 407. The third kappa shape index (κ3) is 1.69. The van der Waals surface area contributed by atoms with Crippen molar-refractivity contribution in [3.8, 4) is 0 Å². The van der Waals surface area contributed by atoms with Crippen LogP contribution in [0.25, 0.3) is 0 Å². The van der Waals surface area contributed by atoms with Gasteiger partial charge in [-0.25, -0.2) is 0 Å². The van der Waals surface area contributed by atoms with E-state index < -0.39 is 43.8 Å². The van der Waals surface area contributed by atoms with Crippen LogP contribution in [0.5, 0.6) is 0 Å². The largest absolute Gasteiger partial charge is 0.295 e. The molecular weight excluding hydrogens is 124 g/mol. The molecule has 1 heteroatoms. The van der Waals surface area contributed by atoms with Crippen LogP contribution in [0.2, 0.25) is 0 Å². The third-order valence-electron chi connectivity index (χ3n) is 1.18. The zero-order chi connectivity index (χ0) is 14.5. The molecule has 0 aliphatic heterocycles. The first kappa shape index (κ1) is 2.20. The molecule has 0 fully saturated rings. The first-order valence-electron chi connectivity index (χ1n) is 7.10. The second-order valence-corrected chi connectivity index (χ2v) is 2.45. The van der Waals surface area contributed by atoms with E-state index in [1.54, 1.807) is 0 Å². The highest BCUT2D eigenvalue weighted by Gasteiger charge is 2.25. The zero-order valence-electron chi connectivity index (χ0n) is 13.7. The molecule has 1 nitrogen and oxygen atoms in total. The van der Waals surface area contributed by atoms with Crippen LogP contribution in [0.15, 0.2) is 11.6 Å². The summed E-state index contributed by atoms with van der Waals surface area (Å²) in [5.41, 5.74) is -2.74. The molecule has 56 valence electrons.